The maximum atomic E-state index is 2.85. The Bertz CT molecular complexity index is 529. The van der Waals surface area contributed by atoms with Gasteiger partial charge in [-0.25, -0.2) is 0 Å². The third-order valence-corrected chi connectivity index (χ3v) is 117. The van der Waals surface area contributed by atoms with Crippen LogP contribution in [0.15, 0.2) is 0 Å². The second kappa shape index (κ2) is 8.68. The fraction of sp³-hybridized carbons (Fsp3) is 1.00. The summed E-state index contributed by atoms with van der Waals surface area (Å²) in [5, 5.41) is 1.06. The smallest absolute Gasteiger partial charge is 0.0554 e. The average Bonchev–Trinajstić information content (AvgIpc) is 2.40. The van der Waals surface area contributed by atoms with E-state index in [1.807, 2.05) is 0 Å². The molecular weight excluding hydrogens is 433 g/mol. The molecule has 0 unspecified atom stereocenters. The lowest BCUT2D eigenvalue weighted by molar-refractivity contribution is 0.733. The summed E-state index contributed by atoms with van der Waals surface area (Å²) in [6, 6.07) is 0. The summed E-state index contributed by atoms with van der Waals surface area (Å²) in [6.07, 6.45) is 0. The highest BCUT2D eigenvalue weighted by Gasteiger charge is 2.55. The molecule has 0 saturated carbocycles. The van der Waals surface area contributed by atoms with Gasteiger partial charge in [-0.1, -0.05) is 133 Å². The molecule has 28 heavy (non-hydrogen) atoms. The van der Waals surface area contributed by atoms with Crippen molar-refractivity contribution in [3.8, 4) is 0 Å². The monoisotopic (exact) mass is 488 g/mol. The molecule has 0 fully saturated rings. The van der Waals surface area contributed by atoms with Gasteiger partial charge >= 0.3 is 0 Å². The predicted molar refractivity (Wildman–Crippen MR) is 151 cm³/mol. The minimum atomic E-state index is -1.36. The Hall–Kier alpha value is 1.30. The van der Waals surface area contributed by atoms with Crippen molar-refractivity contribution in [2.75, 3.05) is 0 Å². The topological polar surface area (TPSA) is 0 Å². The van der Waals surface area contributed by atoms with Gasteiger partial charge in [-0.15, -0.1) is 0 Å². The normalized spacial score (nSPS) is 16.7. The molecular formula is C22H56Si6. The summed E-state index contributed by atoms with van der Waals surface area (Å²) < 4.78 is 0. The maximum Gasteiger partial charge on any atom is 0.0554 e. The van der Waals surface area contributed by atoms with E-state index >= 15 is 0 Å². The summed E-state index contributed by atoms with van der Waals surface area (Å²) >= 11 is 0. The van der Waals surface area contributed by atoms with Gasteiger partial charge in [0.05, 0.1) is 30.4 Å². The van der Waals surface area contributed by atoms with Crippen molar-refractivity contribution in [1.82, 2.24) is 0 Å². The lowest BCUT2D eigenvalue weighted by Crippen LogP contribution is -2.74. The van der Waals surface area contributed by atoms with Gasteiger partial charge in [0.25, 0.3) is 0 Å². The summed E-state index contributed by atoms with van der Waals surface area (Å²) in [6.45, 7) is 48.2. The molecule has 0 rings (SSSR count). The van der Waals surface area contributed by atoms with Crippen molar-refractivity contribution in [3.05, 3.63) is 0 Å². The van der Waals surface area contributed by atoms with Crippen molar-refractivity contribution in [2.24, 2.45) is 0 Å². The zero-order valence-corrected chi connectivity index (χ0v) is 29.2. The van der Waals surface area contributed by atoms with Crippen molar-refractivity contribution in [2.45, 2.75) is 143 Å². The molecule has 168 valence electrons. The lowest BCUT2D eigenvalue weighted by Gasteiger charge is -2.55. The van der Waals surface area contributed by atoms with E-state index in [0.717, 1.165) is 11.1 Å². The highest BCUT2D eigenvalue weighted by Crippen LogP contribution is 2.45. The molecule has 0 bridgehead atoms. The van der Waals surface area contributed by atoms with Gasteiger partial charge in [0.2, 0.25) is 0 Å². The first-order valence-electron chi connectivity index (χ1n) is 11.6. The first kappa shape index (κ1) is 29.3. The lowest BCUT2D eigenvalue weighted by atomic mass is 10.2. The third-order valence-electron chi connectivity index (χ3n) is 9.43. The second-order valence-corrected chi connectivity index (χ2v) is 67.7. The van der Waals surface area contributed by atoms with E-state index < -0.39 is 30.4 Å². The van der Waals surface area contributed by atoms with Crippen LogP contribution in [-0.4, -0.2) is 44.2 Å². The molecule has 0 nitrogen and oxygen atoms in total. The van der Waals surface area contributed by atoms with E-state index in [-0.39, 0.29) is 13.9 Å². The zero-order chi connectivity index (χ0) is 23.3. The van der Waals surface area contributed by atoms with Gasteiger partial charge in [-0.3, -0.25) is 0 Å². The second-order valence-electron chi connectivity index (χ2n) is 14.3. The Labute approximate surface area is 186 Å². The molecule has 0 aliphatic carbocycles. The highest BCUT2D eigenvalue weighted by molar-refractivity contribution is 7.83. The Morgan fingerprint density at radius 2 is 0.643 bits per heavy atom. The van der Waals surface area contributed by atoms with Crippen LogP contribution in [0.4, 0.5) is 0 Å². The van der Waals surface area contributed by atoms with Crippen molar-refractivity contribution in [1.29, 1.82) is 0 Å². The SMILES string of the molecule is CC(C)[Si](C)(C)/[Si](=[Si](/[Si](C)(C)C(C)C)[Si](C)(C)C(C)(C)C)[Si](C)(C)C(C)(C)C. The van der Waals surface area contributed by atoms with Gasteiger partial charge in [0.1, 0.15) is 0 Å². The maximum absolute atomic E-state index is 2.85. The molecule has 0 atom stereocenters. The van der Waals surface area contributed by atoms with E-state index in [4.69, 9.17) is 0 Å². The van der Waals surface area contributed by atoms with Gasteiger partial charge < -0.3 is 0 Å². The van der Waals surface area contributed by atoms with Crippen LogP contribution < -0.4 is 0 Å². The summed E-state index contributed by atoms with van der Waals surface area (Å²) in [5.74, 6) is 0. The quantitative estimate of drug-likeness (QED) is 0.328. The van der Waals surface area contributed by atoms with Gasteiger partial charge in [0, 0.05) is 0 Å². The predicted octanol–water partition coefficient (Wildman–Crippen LogP) is 8.62. The average molecular weight is 489 g/mol. The summed E-state index contributed by atoms with van der Waals surface area (Å²) in [4.78, 5) is 0. The molecule has 0 aromatic carbocycles. The van der Waals surface area contributed by atoms with E-state index in [9.17, 15) is 0 Å². The number of rotatable bonds is 6. The molecule has 0 heterocycles. The molecule has 0 spiro atoms. The van der Waals surface area contributed by atoms with E-state index in [2.05, 4.69) is 122 Å². The van der Waals surface area contributed by atoms with Crippen LogP contribution in [0, 0.1) is 0 Å². The van der Waals surface area contributed by atoms with Crippen molar-refractivity contribution >= 4 is 44.2 Å². The minimum Gasteiger partial charge on any atom is -0.0692 e. The molecule has 6 heteroatoms. The largest absolute Gasteiger partial charge is 0.0692 e. The van der Waals surface area contributed by atoms with Crippen LogP contribution in [0.2, 0.25) is 73.5 Å². The molecule has 0 aromatic rings. The Balaban J connectivity index is 7.85. The Morgan fingerprint density at radius 3 is 0.750 bits per heavy atom. The summed E-state index contributed by atoms with van der Waals surface area (Å²) in [5.41, 5.74) is 1.86. The first-order valence-corrected chi connectivity index (χ1v) is 31.8. The van der Waals surface area contributed by atoms with Gasteiger partial charge in [-0.2, -0.15) is 0 Å². The fourth-order valence-electron chi connectivity index (χ4n) is 4.21. The molecule has 0 aliphatic heterocycles. The Morgan fingerprint density at radius 1 is 0.464 bits per heavy atom. The van der Waals surface area contributed by atoms with E-state index in [0.29, 0.717) is 10.1 Å². The standard InChI is InChI=1S/C22H56Si6/c1-19(2)25(11,12)23(27(15,16)21(5,6)7)24(26(13,14)20(3)4)28(17,18)22(8,9)10/h19-20H,1-18H3/b24-23+. The molecule has 0 amide bonds. The molecule has 0 N–H and O–H groups in total. The Kier molecular flexibility index (Phi) is 9.08. The van der Waals surface area contributed by atoms with Crippen molar-refractivity contribution < 1.29 is 0 Å². The molecule has 0 aromatic heterocycles. The van der Waals surface area contributed by atoms with Crippen LogP contribution >= 0.6 is 0 Å². The van der Waals surface area contributed by atoms with Crippen LogP contribution in [0.5, 0.6) is 0 Å². The zero-order valence-electron chi connectivity index (χ0n) is 23.2. The number of hydrogen-bond donors (Lipinski definition) is 0. The summed E-state index contributed by atoms with van der Waals surface area (Å²) in [7, 11) is -5.29. The van der Waals surface area contributed by atoms with E-state index in [1.54, 1.807) is 0 Å². The number of hydrogen-bond acceptors (Lipinski definition) is 0. The van der Waals surface area contributed by atoms with Gasteiger partial charge in [0.15, 0.2) is 0 Å². The molecule has 0 radical (unpaired) electrons. The fourth-order valence-corrected chi connectivity index (χ4v) is 182. The van der Waals surface area contributed by atoms with Crippen LogP contribution in [-0.2, 0) is 0 Å². The van der Waals surface area contributed by atoms with Crippen LogP contribution in [0.1, 0.15) is 69.2 Å². The van der Waals surface area contributed by atoms with Crippen LogP contribution in [0.25, 0.3) is 0 Å². The third kappa shape index (κ3) is 5.37. The molecule has 0 aliphatic rings. The van der Waals surface area contributed by atoms with Crippen LogP contribution in [0.3, 0.4) is 0 Å². The first-order chi connectivity index (χ1) is 11.9. The van der Waals surface area contributed by atoms with Gasteiger partial charge in [-0.05, 0) is 23.9 Å². The van der Waals surface area contributed by atoms with Crippen molar-refractivity contribution in [3.63, 3.8) is 0 Å². The molecule has 0 saturated heterocycles. The highest BCUT2D eigenvalue weighted by atomic mass is 30.0. The van der Waals surface area contributed by atoms with E-state index in [1.165, 1.54) is 0 Å². The minimum absolute atomic E-state index is 0.330.